The monoisotopic (exact) mass is 366 g/mol. The first-order valence-corrected chi connectivity index (χ1v) is 8.57. The molecule has 0 bridgehead atoms. The lowest BCUT2D eigenvalue weighted by atomic mass is 9.80. The first-order chi connectivity index (χ1) is 10.4. The summed E-state index contributed by atoms with van der Waals surface area (Å²) in [5.74, 6) is -0.217. The summed E-state index contributed by atoms with van der Waals surface area (Å²) in [5, 5.41) is 5.97. The Kier molecular flexibility index (Phi) is 5.62. The lowest BCUT2D eigenvalue weighted by molar-refractivity contribution is -0.134. The summed E-state index contributed by atoms with van der Waals surface area (Å²) in [5.41, 5.74) is 0.304. The van der Waals surface area contributed by atoms with Gasteiger partial charge < -0.3 is 10.6 Å². The number of amides is 2. The van der Waals surface area contributed by atoms with Gasteiger partial charge in [0.1, 0.15) is 5.54 Å². The lowest BCUT2D eigenvalue weighted by Gasteiger charge is -2.37. The maximum Gasteiger partial charge on any atom is 0.246 e. The van der Waals surface area contributed by atoms with E-state index in [1.165, 1.54) is 6.92 Å². The van der Waals surface area contributed by atoms with Crippen molar-refractivity contribution in [2.24, 2.45) is 0 Å². The van der Waals surface area contributed by atoms with E-state index in [9.17, 15) is 9.59 Å². The van der Waals surface area contributed by atoms with E-state index in [1.54, 1.807) is 0 Å². The Labute approximate surface area is 140 Å². The van der Waals surface area contributed by atoms with Crippen LogP contribution >= 0.6 is 15.9 Å². The SMILES string of the molecule is CC(=O)NC1(C(=O)NC(C)c2ccc(Br)cc2)CCCCC1. The molecule has 1 unspecified atom stereocenters. The number of hydrogen-bond donors (Lipinski definition) is 2. The van der Waals surface area contributed by atoms with E-state index >= 15 is 0 Å². The first-order valence-electron chi connectivity index (χ1n) is 7.78. The normalized spacial score (nSPS) is 18.3. The minimum atomic E-state index is -0.742. The van der Waals surface area contributed by atoms with Gasteiger partial charge in [-0.1, -0.05) is 47.3 Å². The molecule has 1 fully saturated rings. The molecule has 1 saturated carbocycles. The Morgan fingerprint density at radius 1 is 1.14 bits per heavy atom. The summed E-state index contributed by atoms with van der Waals surface area (Å²) in [6, 6.07) is 7.81. The van der Waals surface area contributed by atoms with Crippen LogP contribution in [0.4, 0.5) is 0 Å². The largest absolute Gasteiger partial charge is 0.348 e. The van der Waals surface area contributed by atoms with Crippen molar-refractivity contribution in [2.45, 2.75) is 57.5 Å². The number of halogens is 1. The minimum absolute atomic E-state index is 0.0715. The molecule has 2 rings (SSSR count). The quantitative estimate of drug-likeness (QED) is 0.856. The molecule has 5 heteroatoms. The summed E-state index contributed by atoms with van der Waals surface area (Å²) < 4.78 is 1.01. The van der Waals surface area contributed by atoms with Gasteiger partial charge in [-0.2, -0.15) is 0 Å². The van der Waals surface area contributed by atoms with E-state index in [4.69, 9.17) is 0 Å². The highest BCUT2D eigenvalue weighted by atomic mass is 79.9. The van der Waals surface area contributed by atoms with Gasteiger partial charge >= 0.3 is 0 Å². The fourth-order valence-electron chi connectivity index (χ4n) is 3.07. The third kappa shape index (κ3) is 4.09. The summed E-state index contributed by atoms with van der Waals surface area (Å²) in [7, 11) is 0. The summed E-state index contributed by atoms with van der Waals surface area (Å²) in [4.78, 5) is 24.3. The van der Waals surface area contributed by atoms with Gasteiger partial charge in [0.25, 0.3) is 0 Å². The topological polar surface area (TPSA) is 58.2 Å². The van der Waals surface area contributed by atoms with Gasteiger partial charge in [-0.05, 0) is 37.5 Å². The standard InChI is InChI=1S/C17H23BrN2O2/c1-12(14-6-8-15(18)9-7-14)19-16(22)17(20-13(2)21)10-4-3-5-11-17/h6-9,12H,3-5,10-11H2,1-2H3,(H,19,22)(H,20,21). The summed E-state index contributed by atoms with van der Waals surface area (Å²) >= 11 is 3.41. The second-order valence-corrected chi connectivity index (χ2v) is 6.99. The second kappa shape index (κ2) is 7.27. The Hall–Kier alpha value is -1.36. The molecular weight excluding hydrogens is 344 g/mol. The van der Waals surface area contributed by atoms with Crippen molar-refractivity contribution in [3.8, 4) is 0 Å². The maximum atomic E-state index is 12.8. The van der Waals surface area contributed by atoms with Gasteiger partial charge in [0, 0.05) is 11.4 Å². The highest BCUT2D eigenvalue weighted by Gasteiger charge is 2.40. The highest BCUT2D eigenvalue weighted by Crippen LogP contribution is 2.29. The van der Waals surface area contributed by atoms with Crippen molar-refractivity contribution in [1.82, 2.24) is 10.6 Å². The smallest absolute Gasteiger partial charge is 0.246 e. The highest BCUT2D eigenvalue weighted by molar-refractivity contribution is 9.10. The molecule has 22 heavy (non-hydrogen) atoms. The van der Waals surface area contributed by atoms with Crippen molar-refractivity contribution < 1.29 is 9.59 Å². The Balaban J connectivity index is 2.10. The Morgan fingerprint density at radius 3 is 2.27 bits per heavy atom. The first kappa shape index (κ1) is 17.0. The van der Waals surface area contributed by atoms with Crippen LogP contribution in [0.5, 0.6) is 0 Å². The molecule has 4 nitrogen and oxygen atoms in total. The van der Waals surface area contributed by atoms with Crippen LogP contribution in [0.1, 0.15) is 57.6 Å². The predicted octanol–water partition coefficient (Wildman–Crippen LogP) is 3.47. The van der Waals surface area contributed by atoms with E-state index in [0.717, 1.165) is 29.3 Å². The zero-order valence-corrected chi connectivity index (χ0v) is 14.7. The van der Waals surface area contributed by atoms with E-state index < -0.39 is 5.54 Å². The molecule has 1 aromatic rings. The van der Waals surface area contributed by atoms with E-state index in [-0.39, 0.29) is 17.9 Å². The van der Waals surface area contributed by atoms with E-state index in [0.29, 0.717) is 12.8 Å². The predicted molar refractivity (Wildman–Crippen MR) is 90.3 cm³/mol. The zero-order chi connectivity index (χ0) is 16.2. The molecule has 1 atom stereocenters. The van der Waals surface area contributed by atoms with E-state index in [2.05, 4.69) is 26.6 Å². The van der Waals surface area contributed by atoms with Crippen molar-refractivity contribution in [1.29, 1.82) is 0 Å². The van der Waals surface area contributed by atoms with Gasteiger partial charge in [0.2, 0.25) is 11.8 Å². The number of rotatable bonds is 4. The van der Waals surface area contributed by atoms with Crippen LogP contribution < -0.4 is 10.6 Å². The molecule has 1 aromatic carbocycles. The number of carbonyl (C=O) groups excluding carboxylic acids is 2. The van der Waals surface area contributed by atoms with Crippen LogP contribution in [0.25, 0.3) is 0 Å². The molecule has 2 amide bonds. The van der Waals surface area contributed by atoms with Gasteiger partial charge in [-0.15, -0.1) is 0 Å². The van der Waals surface area contributed by atoms with Crippen molar-refractivity contribution in [3.63, 3.8) is 0 Å². The van der Waals surface area contributed by atoms with Crippen LogP contribution in [-0.2, 0) is 9.59 Å². The molecule has 0 spiro atoms. The average molecular weight is 367 g/mol. The van der Waals surface area contributed by atoms with Crippen molar-refractivity contribution in [3.05, 3.63) is 34.3 Å². The number of benzene rings is 1. The van der Waals surface area contributed by atoms with Gasteiger partial charge in [-0.25, -0.2) is 0 Å². The second-order valence-electron chi connectivity index (χ2n) is 6.07. The molecular formula is C17H23BrN2O2. The van der Waals surface area contributed by atoms with Crippen LogP contribution in [0, 0.1) is 0 Å². The fourth-order valence-corrected chi connectivity index (χ4v) is 3.34. The van der Waals surface area contributed by atoms with Gasteiger partial charge in [-0.3, -0.25) is 9.59 Å². The lowest BCUT2D eigenvalue weighted by Crippen LogP contribution is -2.59. The third-order valence-electron chi connectivity index (χ3n) is 4.27. The molecule has 1 aliphatic rings. The van der Waals surface area contributed by atoms with Crippen molar-refractivity contribution >= 4 is 27.7 Å². The van der Waals surface area contributed by atoms with Crippen LogP contribution in [0.2, 0.25) is 0 Å². The number of hydrogen-bond acceptors (Lipinski definition) is 2. The molecule has 2 N–H and O–H groups in total. The summed E-state index contributed by atoms with van der Waals surface area (Å²) in [6.07, 6.45) is 4.49. The number of nitrogens with one attached hydrogen (secondary N) is 2. The molecule has 0 aliphatic heterocycles. The van der Waals surface area contributed by atoms with Crippen LogP contribution in [-0.4, -0.2) is 17.4 Å². The van der Waals surface area contributed by atoms with Gasteiger partial charge in [0.15, 0.2) is 0 Å². The summed E-state index contributed by atoms with van der Waals surface area (Å²) in [6.45, 7) is 3.44. The average Bonchev–Trinajstić information content (AvgIpc) is 2.48. The molecule has 0 aromatic heterocycles. The van der Waals surface area contributed by atoms with Gasteiger partial charge in [0.05, 0.1) is 6.04 Å². The Bertz CT molecular complexity index is 536. The fraction of sp³-hybridized carbons (Fsp3) is 0.529. The minimum Gasteiger partial charge on any atom is -0.348 e. The zero-order valence-electron chi connectivity index (χ0n) is 13.1. The molecule has 0 radical (unpaired) electrons. The van der Waals surface area contributed by atoms with Crippen molar-refractivity contribution in [2.75, 3.05) is 0 Å². The number of carbonyl (C=O) groups is 2. The Morgan fingerprint density at radius 2 is 1.73 bits per heavy atom. The molecule has 0 saturated heterocycles. The molecule has 0 heterocycles. The van der Waals surface area contributed by atoms with Crippen LogP contribution in [0.3, 0.4) is 0 Å². The molecule has 1 aliphatic carbocycles. The van der Waals surface area contributed by atoms with Crippen LogP contribution in [0.15, 0.2) is 28.7 Å². The third-order valence-corrected chi connectivity index (χ3v) is 4.80. The van der Waals surface area contributed by atoms with E-state index in [1.807, 2.05) is 31.2 Å². The molecule has 120 valence electrons. The maximum absolute atomic E-state index is 12.8.